The lowest BCUT2D eigenvalue weighted by atomic mass is 10.1. The maximum absolute atomic E-state index is 11.6. The smallest absolute Gasteiger partial charge is 0.345 e. The summed E-state index contributed by atoms with van der Waals surface area (Å²) in [6.07, 6.45) is 0.669. The minimum absolute atomic E-state index is 0.0446. The van der Waals surface area contributed by atoms with Gasteiger partial charge in [-0.05, 0) is 19.4 Å². The first kappa shape index (κ1) is 12.9. The van der Waals surface area contributed by atoms with Crippen LogP contribution >= 0.6 is 0 Å². The van der Waals surface area contributed by atoms with Gasteiger partial charge in [-0.15, -0.1) is 0 Å². The molecule has 0 atom stereocenters. The molecular weight excluding hydrogens is 222 g/mol. The summed E-state index contributed by atoms with van der Waals surface area (Å²) >= 11 is 0. The molecule has 0 bridgehead atoms. The highest BCUT2D eigenvalue weighted by Gasteiger charge is 2.17. The molecule has 1 aromatic carbocycles. The van der Waals surface area contributed by atoms with Crippen molar-refractivity contribution in [3.63, 3.8) is 0 Å². The molecule has 0 unspecified atom stereocenters. The minimum atomic E-state index is -0.687. The highest BCUT2D eigenvalue weighted by atomic mass is 16.6. The second-order valence-corrected chi connectivity index (χ2v) is 3.41. The molecule has 0 amide bonds. The van der Waals surface area contributed by atoms with Crippen LogP contribution in [0.5, 0.6) is 0 Å². The summed E-state index contributed by atoms with van der Waals surface area (Å²) in [7, 11) is 0. The maximum Gasteiger partial charge on any atom is 0.345 e. The highest BCUT2D eigenvalue weighted by molar-refractivity contribution is 6.16. The molecule has 17 heavy (non-hydrogen) atoms. The molecule has 0 spiro atoms. The molecule has 0 aliphatic heterocycles. The van der Waals surface area contributed by atoms with Gasteiger partial charge in [-0.3, -0.25) is 10.1 Å². The highest BCUT2D eigenvalue weighted by Crippen LogP contribution is 2.17. The van der Waals surface area contributed by atoms with E-state index in [0.717, 1.165) is 5.56 Å². The van der Waals surface area contributed by atoms with Crippen molar-refractivity contribution in [2.75, 3.05) is 6.61 Å². The molecule has 5 heteroatoms. The first-order valence-electron chi connectivity index (χ1n) is 5.14. The van der Waals surface area contributed by atoms with Crippen LogP contribution in [-0.2, 0) is 9.53 Å². The van der Waals surface area contributed by atoms with Crippen molar-refractivity contribution in [3.8, 4) is 0 Å². The molecule has 5 nitrogen and oxygen atoms in total. The van der Waals surface area contributed by atoms with E-state index in [2.05, 4.69) is 0 Å². The molecule has 1 aromatic rings. The van der Waals surface area contributed by atoms with Crippen LogP contribution < -0.4 is 0 Å². The monoisotopic (exact) mass is 235 g/mol. The molecule has 1 rings (SSSR count). The lowest BCUT2D eigenvalue weighted by Gasteiger charge is -2.04. The van der Waals surface area contributed by atoms with E-state index < -0.39 is 10.9 Å². The van der Waals surface area contributed by atoms with E-state index in [-0.39, 0.29) is 12.2 Å². The van der Waals surface area contributed by atoms with Crippen molar-refractivity contribution in [2.24, 2.45) is 0 Å². The fourth-order valence-corrected chi connectivity index (χ4v) is 1.29. The van der Waals surface area contributed by atoms with Gasteiger partial charge in [-0.1, -0.05) is 29.8 Å². The van der Waals surface area contributed by atoms with Gasteiger partial charge in [0.2, 0.25) is 6.20 Å². The maximum atomic E-state index is 11.6. The molecule has 0 heterocycles. The molecule has 0 radical (unpaired) electrons. The van der Waals surface area contributed by atoms with Crippen molar-refractivity contribution in [1.82, 2.24) is 0 Å². The largest absolute Gasteiger partial charge is 0.462 e. The van der Waals surface area contributed by atoms with Gasteiger partial charge in [0.25, 0.3) is 0 Å². The second kappa shape index (κ2) is 5.79. The van der Waals surface area contributed by atoms with Gasteiger partial charge in [-0.25, -0.2) is 4.79 Å². The Morgan fingerprint density at radius 2 is 2.00 bits per heavy atom. The zero-order valence-corrected chi connectivity index (χ0v) is 9.67. The topological polar surface area (TPSA) is 69.4 Å². The summed E-state index contributed by atoms with van der Waals surface area (Å²) < 4.78 is 4.78. The van der Waals surface area contributed by atoms with Crippen molar-refractivity contribution >= 4 is 11.5 Å². The number of nitrogens with zero attached hydrogens (tertiary/aromatic N) is 1. The Morgan fingerprint density at radius 1 is 1.41 bits per heavy atom. The van der Waals surface area contributed by atoms with Crippen molar-refractivity contribution in [2.45, 2.75) is 13.8 Å². The molecule has 0 N–H and O–H groups in total. The average molecular weight is 235 g/mol. The number of hydrogen-bond acceptors (Lipinski definition) is 4. The Morgan fingerprint density at radius 3 is 2.47 bits per heavy atom. The summed E-state index contributed by atoms with van der Waals surface area (Å²) in [5, 5.41) is 10.5. The van der Waals surface area contributed by atoms with E-state index in [1.165, 1.54) is 0 Å². The van der Waals surface area contributed by atoms with Crippen molar-refractivity contribution in [1.29, 1.82) is 0 Å². The summed E-state index contributed by atoms with van der Waals surface area (Å²) in [5.74, 6) is -0.687. The number of carbonyl (C=O) groups excluding carboxylic acids is 1. The number of ether oxygens (including phenoxy) is 1. The Hall–Kier alpha value is -2.17. The lowest BCUT2D eigenvalue weighted by Crippen LogP contribution is -2.08. The summed E-state index contributed by atoms with van der Waals surface area (Å²) in [6.45, 7) is 3.72. The van der Waals surface area contributed by atoms with Gasteiger partial charge in [0.1, 0.15) is 5.57 Å². The van der Waals surface area contributed by atoms with Gasteiger partial charge in [0, 0.05) is 0 Å². The third-order valence-electron chi connectivity index (χ3n) is 2.09. The molecular formula is C12H13NO4. The van der Waals surface area contributed by atoms with E-state index in [1.54, 1.807) is 31.2 Å². The first-order valence-corrected chi connectivity index (χ1v) is 5.14. The van der Waals surface area contributed by atoms with E-state index >= 15 is 0 Å². The fraction of sp³-hybridized carbons (Fsp3) is 0.250. The van der Waals surface area contributed by atoms with Crippen LogP contribution in [0.4, 0.5) is 0 Å². The predicted molar refractivity (Wildman–Crippen MR) is 62.8 cm³/mol. The van der Waals surface area contributed by atoms with Gasteiger partial charge in [-0.2, -0.15) is 0 Å². The lowest BCUT2D eigenvalue weighted by molar-refractivity contribution is -0.401. The Labute approximate surface area is 98.9 Å². The first-order chi connectivity index (χ1) is 8.04. The zero-order chi connectivity index (χ0) is 12.8. The Kier molecular flexibility index (Phi) is 4.39. The molecule has 0 aliphatic carbocycles. The molecule has 0 saturated heterocycles. The van der Waals surface area contributed by atoms with E-state index in [9.17, 15) is 14.9 Å². The standard InChI is InChI=1S/C12H13NO4/c1-3-17-12(14)11(8-13(15)16)10-6-4-9(2)5-7-10/h4-8H,3H2,1-2H3/b11-8+. The molecule has 0 aromatic heterocycles. The SMILES string of the molecule is CCOC(=O)/C(=C/[N+](=O)[O-])c1ccc(C)cc1. The van der Waals surface area contributed by atoms with Crippen LogP contribution in [0.2, 0.25) is 0 Å². The number of benzene rings is 1. The Balaban J connectivity index is 3.11. The number of aryl methyl sites for hydroxylation is 1. The van der Waals surface area contributed by atoms with Crippen LogP contribution in [-0.4, -0.2) is 17.5 Å². The van der Waals surface area contributed by atoms with E-state index in [0.29, 0.717) is 11.8 Å². The predicted octanol–water partition coefficient (Wildman–Crippen LogP) is 2.18. The van der Waals surface area contributed by atoms with Gasteiger partial charge in [0.15, 0.2) is 0 Å². The fourth-order valence-electron chi connectivity index (χ4n) is 1.29. The average Bonchev–Trinajstić information content (AvgIpc) is 2.27. The third-order valence-corrected chi connectivity index (χ3v) is 2.09. The van der Waals surface area contributed by atoms with Gasteiger partial charge < -0.3 is 4.74 Å². The van der Waals surface area contributed by atoms with Crippen LogP contribution in [0.1, 0.15) is 18.1 Å². The third kappa shape index (κ3) is 3.71. The van der Waals surface area contributed by atoms with Crippen LogP contribution in [0.3, 0.4) is 0 Å². The number of rotatable bonds is 4. The number of esters is 1. The number of hydrogen-bond donors (Lipinski definition) is 0. The minimum Gasteiger partial charge on any atom is -0.462 e. The van der Waals surface area contributed by atoms with Crippen LogP contribution in [0, 0.1) is 17.0 Å². The summed E-state index contributed by atoms with van der Waals surface area (Å²) in [4.78, 5) is 21.4. The van der Waals surface area contributed by atoms with Gasteiger partial charge >= 0.3 is 5.97 Å². The molecule has 0 aliphatic rings. The zero-order valence-electron chi connectivity index (χ0n) is 9.67. The summed E-state index contributed by atoms with van der Waals surface area (Å²) in [5.41, 5.74) is 1.45. The second-order valence-electron chi connectivity index (χ2n) is 3.41. The van der Waals surface area contributed by atoms with Crippen molar-refractivity contribution < 1.29 is 14.5 Å². The van der Waals surface area contributed by atoms with Crippen molar-refractivity contribution in [3.05, 3.63) is 51.7 Å². The summed E-state index contributed by atoms with van der Waals surface area (Å²) in [6, 6.07) is 6.87. The molecule has 0 saturated carbocycles. The number of carbonyl (C=O) groups is 1. The van der Waals surface area contributed by atoms with Gasteiger partial charge in [0.05, 0.1) is 11.5 Å². The van der Waals surface area contributed by atoms with Crippen LogP contribution in [0.25, 0.3) is 5.57 Å². The number of nitro groups is 1. The molecule has 0 fully saturated rings. The quantitative estimate of drug-likeness (QED) is 0.347. The molecule has 90 valence electrons. The van der Waals surface area contributed by atoms with Crippen LogP contribution in [0.15, 0.2) is 30.5 Å². The van der Waals surface area contributed by atoms with E-state index in [4.69, 9.17) is 4.74 Å². The normalized spacial score (nSPS) is 11.1. The Bertz CT molecular complexity index is 448. The van der Waals surface area contributed by atoms with E-state index in [1.807, 2.05) is 6.92 Å².